The Morgan fingerprint density at radius 1 is 0.806 bits per heavy atom. The Labute approximate surface area is 184 Å². The molecule has 0 bridgehead atoms. The molecule has 2 aromatic rings. The smallest absolute Gasteiger partial charge is 0.244 e. The first-order valence-electron chi connectivity index (χ1n) is 9.61. The number of benzene rings is 1. The van der Waals surface area contributed by atoms with E-state index in [0.717, 1.165) is 12.4 Å². The highest BCUT2D eigenvalue weighted by atomic mass is 32.2. The molecule has 31 heavy (non-hydrogen) atoms. The molecule has 0 spiro atoms. The number of nitrogens with one attached hydrogen (secondary N) is 3. The number of anilines is 1. The molecule has 1 heterocycles. The highest BCUT2D eigenvalue weighted by molar-refractivity contribution is 7.92. The number of hydrogen-bond acceptors (Lipinski definition) is 5. The molecule has 1 amide bonds. The fourth-order valence-electron chi connectivity index (χ4n) is 2.76. The first-order valence-corrected chi connectivity index (χ1v) is 12.6. The van der Waals surface area contributed by atoms with Crippen LogP contribution in [0.15, 0.2) is 52.5 Å². The average Bonchev–Trinajstić information content (AvgIpc) is 2.97. The summed E-state index contributed by atoms with van der Waals surface area (Å²) in [6.07, 6.45) is 2.30. The number of aromatic nitrogens is 1. The molecular formula is C20H30N4O5S2. The summed E-state index contributed by atoms with van der Waals surface area (Å²) in [6, 6.07) is 8.74. The number of nitrogens with zero attached hydrogens (tertiary/aromatic N) is 1. The average molecular weight is 471 g/mol. The van der Waals surface area contributed by atoms with Gasteiger partial charge in [-0.3, -0.25) is 4.79 Å². The summed E-state index contributed by atoms with van der Waals surface area (Å²) in [7, 11) is -8.37. The van der Waals surface area contributed by atoms with Crippen molar-refractivity contribution < 1.29 is 21.6 Å². The quantitative estimate of drug-likeness (QED) is 0.572. The van der Waals surface area contributed by atoms with Gasteiger partial charge in [0.25, 0.3) is 0 Å². The molecule has 0 aliphatic carbocycles. The van der Waals surface area contributed by atoms with Gasteiger partial charge in [-0.1, -0.05) is 18.2 Å². The fourth-order valence-corrected chi connectivity index (χ4v) is 6.44. The monoisotopic (exact) mass is 470 g/mol. The van der Waals surface area contributed by atoms with Crippen LogP contribution in [0.5, 0.6) is 0 Å². The van der Waals surface area contributed by atoms with E-state index >= 15 is 0 Å². The van der Waals surface area contributed by atoms with E-state index in [0.29, 0.717) is 5.69 Å². The number of amides is 1. The predicted octanol–water partition coefficient (Wildman–Crippen LogP) is 2.28. The lowest BCUT2D eigenvalue weighted by Gasteiger charge is -2.22. The molecule has 0 saturated heterocycles. The van der Waals surface area contributed by atoms with Crippen molar-refractivity contribution in [3.63, 3.8) is 0 Å². The molecule has 0 radical (unpaired) electrons. The van der Waals surface area contributed by atoms with Crippen molar-refractivity contribution in [2.45, 2.75) is 69.0 Å². The molecule has 0 fully saturated rings. The van der Waals surface area contributed by atoms with Crippen molar-refractivity contribution in [1.82, 2.24) is 14.0 Å². The van der Waals surface area contributed by atoms with Crippen LogP contribution >= 0.6 is 0 Å². The fraction of sp³-hybridized carbons (Fsp3) is 0.450. The van der Waals surface area contributed by atoms with Crippen molar-refractivity contribution in [3.8, 4) is 0 Å². The lowest BCUT2D eigenvalue weighted by atomic mass is 10.1. The van der Waals surface area contributed by atoms with E-state index in [2.05, 4.69) is 14.8 Å². The molecule has 2 rings (SSSR count). The zero-order chi connectivity index (χ0) is 23.7. The summed E-state index contributed by atoms with van der Waals surface area (Å²) in [5, 5.41) is 2.68. The molecule has 9 nitrogen and oxygen atoms in total. The van der Waals surface area contributed by atoms with Crippen molar-refractivity contribution in [2.24, 2.45) is 0 Å². The summed E-state index contributed by atoms with van der Waals surface area (Å²) < 4.78 is 58.0. The van der Waals surface area contributed by atoms with Crippen LogP contribution in [0.4, 0.5) is 5.69 Å². The van der Waals surface area contributed by atoms with Crippen molar-refractivity contribution in [3.05, 3.63) is 42.7 Å². The van der Waals surface area contributed by atoms with Crippen molar-refractivity contribution >= 4 is 31.6 Å². The Bertz CT molecular complexity index is 1080. The van der Waals surface area contributed by atoms with Crippen LogP contribution in [0.1, 0.15) is 41.5 Å². The van der Waals surface area contributed by atoms with Gasteiger partial charge in [-0.05, 0) is 53.7 Å². The molecule has 0 atom stereocenters. The van der Waals surface area contributed by atoms with Gasteiger partial charge in [0.1, 0.15) is 16.3 Å². The number of para-hydroxylation sites is 1. The molecule has 3 N–H and O–H groups in total. The first-order chi connectivity index (χ1) is 14.0. The van der Waals surface area contributed by atoms with Gasteiger partial charge in [-0.2, -0.15) is 0 Å². The molecule has 0 aliphatic heterocycles. The molecule has 0 saturated carbocycles. The minimum absolute atomic E-state index is 0.266. The third-order valence-corrected chi connectivity index (χ3v) is 7.35. The van der Waals surface area contributed by atoms with Crippen LogP contribution < -0.4 is 14.8 Å². The molecule has 172 valence electrons. The third kappa shape index (κ3) is 7.46. The minimum Gasteiger partial charge on any atom is -0.342 e. The van der Waals surface area contributed by atoms with Gasteiger partial charge in [-0.15, -0.1) is 0 Å². The molecular weight excluding hydrogens is 440 g/mol. The number of hydrogen-bond donors (Lipinski definition) is 3. The Balaban J connectivity index is 2.46. The SMILES string of the molecule is CC(C)(C)NS(=O)(=O)c1cn(CC(=O)Nc2ccccc2)cc1S(=O)(=O)NC(C)(C)C. The van der Waals surface area contributed by atoms with Crippen molar-refractivity contribution in [1.29, 1.82) is 0 Å². The first kappa shape index (κ1) is 25.1. The molecule has 0 aliphatic rings. The van der Waals surface area contributed by atoms with E-state index in [-0.39, 0.29) is 6.54 Å². The van der Waals surface area contributed by atoms with Crippen LogP contribution in [0.3, 0.4) is 0 Å². The van der Waals surface area contributed by atoms with Gasteiger partial charge in [0.2, 0.25) is 26.0 Å². The Morgan fingerprint density at radius 3 is 1.61 bits per heavy atom. The lowest BCUT2D eigenvalue weighted by molar-refractivity contribution is -0.116. The van der Waals surface area contributed by atoms with Gasteiger partial charge in [0.05, 0.1) is 0 Å². The summed E-state index contributed by atoms with van der Waals surface area (Å²) in [5.74, 6) is -0.429. The van der Waals surface area contributed by atoms with Crippen LogP contribution in [-0.4, -0.2) is 38.4 Å². The van der Waals surface area contributed by atoms with E-state index < -0.39 is 46.8 Å². The van der Waals surface area contributed by atoms with E-state index in [1.165, 1.54) is 4.57 Å². The standard InChI is InChI=1S/C20H30N4O5S2/c1-19(2,3)22-30(26,27)16-12-24(13-17(16)31(28,29)23-20(4,5)6)14-18(25)21-15-10-8-7-9-11-15/h7-13,22-23H,14H2,1-6H3,(H,21,25). The number of carbonyl (C=O) groups is 1. The highest BCUT2D eigenvalue weighted by Crippen LogP contribution is 2.25. The van der Waals surface area contributed by atoms with Crippen LogP contribution in [-0.2, 0) is 31.4 Å². The molecule has 1 aromatic heterocycles. The molecule has 0 unspecified atom stereocenters. The predicted molar refractivity (Wildman–Crippen MR) is 120 cm³/mol. The van der Waals surface area contributed by atoms with Gasteiger partial charge < -0.3 is 9.88 Å². The van der Waals surface area contributed by atoms with Gasteiger partial charge in [0.15, 0.2) is 0 Å². The van der Waals surface area contributed by atoms with Crippen LogP contribution in [0, 0.1) is 0 Å². The normalized spacial score (nSPS) is 13.2. The van der Waals surface area contributed by atoms with E-state index in [1.54, 1.807) is 71.9 Å². The maximum atomic E-state index is 13.0. The summed E-state index contributed by atoms with van der Waals surface area (Å²) in [4.78, 5) is 11.5. The minimum atomic E-state index is -4.18. The highest BCUT2D eigenvalue weighted by Gasteiger charge is 2.33. The summed E-state index contributed by atoms with van der Waals surface area (Å²) in [6.45, 7) is 9.63. The van der Waals surface area contributed by atoms with Crippen LogP contribution in [0.25, 0.3) is 0 Å². The zero-order valence-electron chi connectivity index (χ0n) is 18.6. The second-order valence-electron chi connectivity index (χ2n) is 9.28. The Kier molecular flexibility index (Phi) is 7.06. The topological polar surface area (TPSA) is 126 Å². The molecule has 1 aromatic carbocycles. The van der Waals surface area contributed by atoms with Crippen LogP contribution in [0.2, 0.25) is 0 Å². The number of rotatable bonds is 7. The maximum absolute atomic E-state index is 13.0. The third-order valence-electron chi connectivity index (χ3n) is 3.65. The second kappa shape index (κ2) is 8.73. The Hall–Kier alpha value is -2.21. The second-order valence-corrected chi connectivity index (χ2v) is 12.6. The maximum Gasteiger partial charge on any atom is 0.244 e. The lowest BCUT2D eigenvalue weighted by Crippen LogP contribution is -2.43. The van der Waals surface area contributed by atoms with Crippen molar-refractivity contribution in [2.75, 3.05) is 5.32 Å². The van der Waals surface area contributed by atoms with Gasteiger partial charge in [-0.25, -0.2) is 26.3 Å². The van der Waals surface area contributed by atoms with Gasteiger partial charge in [0, 0.05) is 29.2 Å². The summed E-state index contributed by atoms with van der Waals surface area (Å²) in [5.41, 5.74) is -1.09. The number of carbonyl (C=O) groups excluding carboxylic acids is 1. The van der Waals surface area contributed by atoms with E-state index in [1.807, 2.05) is 0 Å². The summed E-state index contributed by atoms with van der Waals surface area (Å²) >= 11 is 0. The molecule has 11 heteroatoms. The largest absolute Gasteiger partial charge is 0.342 e. The van der Waals surface area contributed by atoms with E-state index in [4.69, 9.17) is 0 Å². The van der Waals surface area contributed by atoms with E-state index in [9.17, 15) is 21.6 Å². The van der Waals surface area contributed by atoms with Gasteiger partial charge >= 0.3 is 0 Å². The Morgan fingerprint density at radius 2 is 1.23 bits per heavy atom. The zero-order valence-corrected chi connectivity index (χ0v) is 20.2. The number of sulfonamides is 2.